The Morgan fingerprint density at radius 2 is 1.94 bits per heavy atom. The molecule has 1 unspecified atom stereocenters. The first-order valence-electron chi connectivity index (χ1n) is 6.76. The molecule has 1 aromatic rings. The second-order valence-electron chi connectivity index (χ2n) is 4.90. The van der Waals surface area contributed by atoms with Crippen molar-refractivity contribution in [1.82, 2.24) is 0 Å². The van der Waals surface area contributed by atoms with Crippen LogP contribution in [0.4, 0.5) is 0 Å². The monoisotopic (exact) mass is 249 g/mol. The van der Waals surface area contributed by atoms with Gasteiger partial charge < -0.3 is 15.2 Å². The van der Waals surface area contributed by atoms with Gasteiger partial charge in [0.05, 0.1) is 6.61 Å². The third-order valence-corrected chi connectivity index (χ3v) is 3.95. The zero-order valence-corrected chi connectivity index (χ0v) is 11.1. The van der Waals surface area contributed by atoms with Crippen molar-refractivity contribution in [2.24, 2.45) is 5.73 Å². The fraction of sp³-hybridized carbons (Fsp3) is 0.600. The summed E-state index contributed by atoms with van der Waals surface area (Å²) >= 11 is 0. The van der Waals surface area contributed by atoms with Crippen LogP contribution in [0.15, 0.2) is 30.3 Å². The standard InChI is InChI=1S/C15H23NO2/c1-2-17-12-14(16)15(8-10-18-11-9-15)13-6-4-3-5-7-13/h3-7,14H,2,8-12,16H2,1H3. The highest BCUT2D eigenvalue weighted by Gasteiger charge is 2.39. The lowest BCUT2D eigenvalue weighted by atomic mass is 9.69. The van der Waals surface area contributed by atoms with Crippen molar-refractivity contribution < 1.29 is 9.47 Å². The van der Waals surface area contributed by atoms with Crippen LogP contribution in [0.5, 0.6) is 0 Å². The van der Waals surface area contributed by atoms with Crippen LogP contribution in [0.1, 0.15) is 25.3 Å². The van der Waals surface area contributed by atoms with Crippen molar-refractivity contribution in [1.29, 1.82) is 0 Å². The van der Waals surface area contributed by atoms with Crippen LogP contribution in [0, 0.1) is 0 Å². The average Bonchev–Trinajstić information content (AvgIpc) is 2.46. The van der Waals surface area contributed by atoms with E-state index in [-0.39, 0.29) is 11.5 Å². The highest BCUT2D eigenvalue weighted by atomic mass is 16.5. The van der Waals surface area contributed by atoms with Crippen LogP contribution in [0.3, 0.4) is 0 Å². The van der Waals surface area contributed by atoms with E-state index in [9.17, 15) is 0 Å². The Morgan fingerprint density at radius 3 is 2.56 bits per heavy atom. The Morgan fingerprint density at radius 1 is 1.28 bits per heavy atom. The molecule has 100 valence electrons. The molecule has 0 radical (unpaired) electrons. The minimum absolute atomic E-state index is 0.00861. The summed E-state index contributed by atoms with van der Waals surface area (Å²) in [6.45, 7) is 4.91. The smallest absolute Gasteiger partial charge is 0.0626 e. The fourth-order valence-electron chi connectivity index (χ4n) is 2.78. The zero-order chi connectivity index (χ0) is 12.8. The second-order valence-corrected chi connectivity index (χ2v) is 4.90. The minimum Gasteiger partial charge on any atom is -0.381 e. The third-order valence-electron chi connectivity index (χ3n) is 3.95. The Balaban J connectivity index is 2.22. The molecule has 3 heteroatoms. The van der Waals surface area contributed by atoms with E-state index in [1.165, 1.54) is 5.56 Å². The van der Waals surface area contributed by atoms with E-state index in [1.807, 2.05) is 13.0 Å². The third kappa shape index (κ3) is 2.74. The molecule has 0 amide bonds. The summed E-state index contributed by atoms with van der Waals surface area (Å²) in [5.41, 5.74) is 7.75. The Labute approximate surface area is 109 Å². The minimum atomic E-state index is 0.00861. The molecule has 1 aliphatic rings. The first-order chi connectivity index (χ1) is 8.79. The van der Waals surface area contributed by atoms with E-state index >= 15 is 0 Å². The maximum Gasteiger partial charge on any atom is 0.0626 e. The summed E-state index contributed by atoms with van der Waals surface area (Å²) in [4.78, 5) is 0. The van der Waals surface area contributed by atoms with Gasteiger partial charge in [0.15, 0.2) is 0 Å². The van der Waals surface area contributed by atoms with Gasteiger partial charge in [-0.15, -0.1) is 0 Å². The zero-order valence-electron chi connectivity index (χ0n) is 11.1. The number of hydrogen-bond donors (Lipinski definition) is 1. The summed E-state index contributed by atoms with van der Waals surface area (Å²) in [6, 6.07) is 10.6. The number of rotatable bonds is 5. The molecular weight excluding hydrogens is 226 g/mol. The Hall–Kier alpha value is -0.900. The van der Waals surface area contributed by atoms with Gasteiger partial charge in [-0.1, -0.05) is 30.3 Å². The van der Waals surface area contributed by atoms with Crippen LogP contribution in [-0.4, -0.2) is 32.5 Å². The lowest BCUT2D eigenvalue weighted by molar-refractivity contribution is 0.0204. The van der Waals surface area contributed by atoms with Crippen LogP contribution in [-0.2, 0) is 14.9 Å². The maximum absolute atomic E-state index is 6.42. The molecule has 2 N–H and O–H groups in total. The number of benzene rings is 1. The molecule has 0 aromatic heterocycles. The molecule has 1 aliphatic heterocycles. The quantitative estimate of drug-likeness (QED) is 0.869. The summed E-state index contributed by atoms with van der Waals surface area (Å²) in [5, 5.41) is 0. The van der Waals surface area contributed by atoms with Crippen molar-refractivity contribution in [3.8, 4) is 0 Å². The molecule has 0 spiro atoms. The molecule has 1 atom stereocenters. The molecule has 18 heavy (non-hydrogen) atoms. The van der Waals surface area contributed by atoms with Gasteiger partial charge in [0.25, 0.3) is 0 Å². The van der Waals surface area contributed by atoms with Crippen LogP contribution >= 0.6 is 0 Å². The first kappa shape index (κ1) is 13.5. The predicted molar refractivity (Wildman–Crippen MR) is 72.6 cm³/mol. The number of ether oxygens (including phenoxy) is 2. The summed E-state index contributed by atoms with van der Waals surface area (Å²) in [6.07, 6.45) is 1.95. The van der Waals surface area contributed by atoms with E-state index < -0.39 is 0 Å². The van der Waals surface area contributed by atoms with Crippen LogP contribution < -0.4 is 5.73 Å². The van der Waals surface area contributed by atoms with E-state index in [4.69, 9.17) is 15.2 Å². The molecule has 1 aromatic carbocycles. The van der Waals surface area contributed by atoms with Gasteiger partial charge in [0, 0.05) is 31.3 Å². The van der Waals surface area contributed by atoms with E-state index in [0.29, 0.717) is 6.61 Å². The van der Waals surface area contributed by atoms with Gasteiger partial charge in [0.2, 0.25) is 0 Å². The molecule has 2 rings (SSSR count). The first-order valence-corrected chi connectivity index (χ1v) is 6.76. The molecule has 1 heterocycles. The van der Waals surface area contributed by atoms with E-state index in [2.05, 4.69) is 24.3 Å². The average molecular weight is 249 g/mol. The summed E-state index contributed by atoms with van der Waals surface area (Å²) in [7, 11) is 0. The van der Waals surface area contributed by atoms with Crippen molar-refractivity contribution in [2.45, 2.75) is 31.2 Å². The normalized spacial score (nSPS) is 20.6. The molecule has 1 fully saturated rings. The van der Waals surface area contributed by atoms with Crippen LogP contribution in [0.25, 0.3) is 0 Å². The van der Waals surface area contributed by atoms with Gasteiger partial charge in [-0.05, 0) is 25.3 Å². The molecule has 0 saturated carbocycles. The fourth-order valence-corrected chi connectivity index (χ4v) is 2.78. The molecule has 3 nitrogen and oxygen atoms in total. The molecule has 1 saturated heterocycles. The molecular formula is C15H23NO2. The van der Waals surface area contributed by atoms with Crippen LogP contribution in [0.2, 0.25) is 0 Å². The molecule has 0 bridgehead atoms. The summed E-state index contributed by atoms with van der Waals surface area (Å²) < 4.78 is 11.0. The van der Waals surface area contributed by atoms with Gasteiger partial charge in [-0.3, -0.25) is 0 Å². The topological polar surface area (TPSA) is 44.5 Å². The predicted octanol–water partition coefficient (Wildman–Crippen LogP) is 2.10. The highest BCUT2D eigenvalue weighted by molar-refractivity contribution is 5.28. The number of hydrogen-bond acceptors (Lipinski definition) is 3. The highest BCUT2D eigenvalue weighted by Crippen LogP contribution is 2.37. The van der Waals surface area contributed by atoms with Crippen molar-refractivity contribution >= 4 is 0 Å². The van der Waals surface area contributed by atoms with Crippen molar-refractivity contribution in [3.05, 3.63) is 35.9 Å². The van der Waals surface area contributed by atoms with Gasteiger partial charge in [-0.25, -0.2) is 0 Å². The Bertz CT molecular complexity index is 347. The largest absolute Gasteiger partial charge is 0.381 e. The van der Waals surface area contributed by atoms with Gasteiger partial charge >= 0.3 is 0 Å². The Kier molecular flexibility index (Phi) is 4.75. The number of nitrogens with two attached hydrogens (primary N) is 1. The lowest BCUT2D eigenvalue weighted by Gasteiger charge is -2.42. The second kappa shape index (κ2) is 6.32. The maximum atomic E-state index is 6.42. The van der Waals surface area contributed by atoms with E-state index in [1.54, 1.807) is 0 Å². The van der Waals surface area contributed by atoms with Crippen molar-refractivity contribution in [3.63, 3.8) is 0 Å². The van der Waals surface area contributed by atoms with E-state index in [0.717, 1.165) is 32.7 Å². The van der Waals surface area contributed by atoms with Crippen molar-refractivity contribution in [2.75, 3.05) is 26.4 Å². The van der Waals surface area contributed by atoms with Gasteiger partial charge in [0.1, 0.15) is 0 Å². The molecule has 0 aliphatic carbocycles. The SMILES string of the molecule is CCOCC(N)C1(c2ccccc2)CCOCC1. The van der Waals surface area contributed by atoms with Gasteiger partial charge in [-0.2, -0.15) is 0 Å². The summed E-state index contributed by atoms with van der Waals surface area (Å²) in [5.74, 6) is 0. The lowest BCUT2D eigenvalue weighted by Crippen LogP contribution is -2.51.